The first-order valence-electron chi connectivity index (χ1n) is 4.14. The van der Waals surface area contributed by atoms with Crippen molar-refractivity contribution in [1.82, 2.24) is 0 Å². The van der Waals surface area contributed by atoms with Crippen molar-refractivity contribution in [3.63, 3.8) is 0 Å². The third-order valence-electron chi connectivity index (χ3n) is 2.13. The molecule has 1 N–H and O–H groups in total. The molecule has 2 rings (SSSR count). The van der Waals surface area contributed by atoms with E-state index in [2.05, 4.69) is 0 Å². The third kappa shape index (κ3) is 1.29. The van der Waals surface area contributed by atoms with E-state index in [9.17, 15) is 4.79 Å². The maximum atomic E-state index is 11.2. The summed E-state index contributed by atoms with van der Waals surface area (Å²) in [5.74, 6) is -0.883. The van der Waals surface area contributed by atoms with Crippen molar-refractivity contribution in [2.75, 3.05) is 0 Å². The van der Waals surface area contributed by atoms with Crippen LogP contribution in [-0.4, -0.2) is 11.1 Å². The van der Waals surface area contributed by atoms with Crippen molar-refractivity contribution >= 4 is 5.97 Å². The zero-order valence-corrected chi connectivity index (χ0v) is 7.23. The number of benzene rings is 1. The largest absolute Gasteiger partial charge is 0.508 e. The van der Waals surface area contributed by atoms with Gasteiger partial charge in [0.15, 0.2) is 0 Å². The van der Waals surface area contributed by atoms with Crippen molar-refractivity contribution in [2.45, 2.75) is 6.42 Å². The molecule has 0 amide bonds. The SMILES string of the molecule is N#CC1Cc2ccc(O)cc2OC1=O. The summed E-state index contributed by atoms with van der Waals surface area (Å²) in [4.78, 5) is 11.2. The molecule has 0 radical (unpaired) electrons. The minimum Gasteiger partial charge on any atom is -0.508 e. The number of fused-ring (bicyclic) bond motifs is 1. The summed E-state index contributed by atoms with van der Waals surface area (Å²) in [6, 6.07) is 6.41. The lowest BCUT2D eigenvalue weighted by molar-refractivity contribution is -0.138. The summed E-state index contributed by atoms with van der Waals surface area (Å²) >= 11 is 0. The number of esters is 1. The number of aromatic hydroxyl groups is 1. The molecule has 0 aliphatic carbocycles. The molecule has 0 fully saturated rings. The number of hydrogen-bond donors (Lipinski definition) is 1. The van der Waals surface area contributed by atoms with Crippen LogP contribution >= 0.6 is 0 Å². The molecule has 1 atom stereocenters. The molecule has 1 unspecified atom stereocenters. The van der Waals surface area contributed by atoms with E-state index < -0.39 is 11.9 Å². The lowest BCUT2D eigenvalue weighted by Gasteiger charge is -2.18. The number of carbonyl (C=O) groups is 1. The summed E-state index contributed by atoms with van der Waals surface area (Å²) in [7, 11) is 0. The van der Waals surface area contributed by atoms with Crippen LogP contribution in [0, 0.1) is 17.2 Å². The highest BCUT2D eigenvalue weighted by Crippen LogP contribution is 2.30. The van der Waals surface area contributed by atoms with Gasteiger partial charge in [-0.25, -0.2) is 0 Å². The molecule has 1 aromatic carbocycles. The van der Waals surface area contributed by atoms with Crippen LogP contribution < -0.4 is 4.74 Å². The van der Waals surface area contributed by atoms with Crippen LogP contribution in [0.1, 0.15) is 5.56 Å². The number of phenolic OH excluding ortho intramolecular Hbond substituents is 1. The number of hydrogen-bond acceptors (Lipinski definition) is 4. The van der Waals surface area contributed by atoms with E-state index in [1.807, 2.05) is 6.07 Å². The Bertz CT molecular complexity index is 433. The van der Waals surface area contributed by atoms with Crippen molar-refractivity contribution < 1.29 is 14.6 Å². The van der Waals surface area contributed by atoms with Crippen LogP contribution in [0.25, 0.3) is 0 Å². The zero-order valence-electron chi connectivity index (χ0n) is 7.23. The van der Waals surface area contributed by atoms with E-state index in [1.165, 1.54) is 12.1 Å². The summed E-state index contributed by atoms with van der Waals surface area (Å²) < 4.78 is 4.89. The van der Waals surface area contributed by atoms with Gasteiger partial charge in [-0.05, 0) is 11.6 Å². The molecule has 4 nitrogen and oxygen atoms in total. The van der Waals surface area contributed by atoms with Crippen LogP contribution in [0.5, 0.6) is 11.5 Å². The van der Waals surface area contributed by atoms with Crippen molar-refractivity contribution in [3.8, 4) is 17.6 Å². The highest BCUT2D eigenvalue weighted by molar-refractivity contribution is 5.80. The van der Waals surface area contributed by atoms with Crippen molar-refractivity contribution in [2.24, 2.45) is 5.92 Å². The van der Waals surface area contributed by atoms with E-state index in [0.29, 0.717) is 12.2 Å². The molecular formula is C10H7NO3. The summed E-state index contributed by atoms with van der Waals surface area (Å²) in [5, 5.41) is 17.8. The molecule has 0 spiro atoms. The van der Waals surface area contributed by atoms with Crippen LogP contribution in [0.3, 0.4) is 0 Å². The fourth-order valence-electron chi connectivity index (χ4n) is 1.39. The standard InChI is InChI=1S/C10H7NO3/c11-5-7-3-6-1-2-8(12)4-9(6)14-10(7)13/h1-2,4,7,12H,3H2. The van der Waals surface area contributed by atoms with Gasteiger partial charge >= 0.3 is 5.97 Å². The normalized spacial score (nSPS) is 19.4. The number of nitrogens with zero attached hydrogens (tertiary/aromatic N) is 1. The minimum absolute atomic E-state index is 0.0481. The van der Waals surface area contributed by atoms with Crippen LogP contribution in [-0.2, 0) is 11.2 Å². The Labute approximate surface area is 80.3 Å². The average Bonchev–Trinajstić information content (AvgIpc) is 2.16. The maximum absolute atomic E-state index is 11.2. The number of rotatable bonds is 0. The van der Waals surface area contributed by atoms with Gasteiger partial charge in [-0.15, -0.1) is 0 Å². The quantitative estimate of drug-likeness (QED) is 0.488. The Kier molecular flexibility index (Phi) is 1.86. The number of ether oxygens (including phenoxy) is 1. The van der Waals surface area contributed by atoms with Gasteiger partial charge in [0.2, 0.25) is 0 Å². The van der Waals surface area contributed by atoms with Gasteiger partial charge in [0.1, 0.15) is 17.4 Å². The van der Waals surface area contributed by atoms with Crippen LogP contribution in [0.15, 0.2) is 18.2 Å². The van der Waals surface area contributed by atoms with Gasteiger partial charge in [0, 0.05) is 12.5 Å². The first-order valence-corrected chi connectivity index (χ1v) is 4.14. The Morgan fingerprint density at radius 1 is 1.57 bits per heavy atom. The fourth-order valence-corrected chi connectivity index (χ4v) is 1.39. The van der Waals surface area contributed by atoms with E-state index in [4.69, 9.17) is 15.1 Å². The second kappa shape index (κ2) is 3.04. The fraction of sp³-hybridized carbons (Fsp3) is 0.200. The Balaban J connectivity index is 2.41. The van der Waals surface area contributed by atoms with E-state index in [0.717, 1.165) is 5.56 Å². The molecule has 14 heavy (non-hydrogen) atoms. The van der Waals surface area contributed by atoms with E-state index >= 15 is 0 Å². The Morgan fingerprint density at radius 2 is 2.36 bits per heavy atom. The Hall–Kier alpha value is -2.02. The van der Waals surface area contributed by atoms with Crippen molar-refractivity contribution in [1.29, 1.82) is 5.26 Å². The second-order valence-electron chi connectivity index (χ2n) is 3.10. The maximum Gasteiger partial charge on any atom is 0.329 e. The molecule has 0 aromatic heterocycles. The topological polar surface area (TPSA) is 70.3 Å². The molecule has 1 aliphatic rings. The molecule has 70 valence electrons. The lowest BCUT2D eigenvalue weighted by Crippen LogP contribution is -2.26. The summed E-state index contributed by atoms with van der Waals surface area (Å²) in [6.45, 7) is 0. The predicted molar refractivity (Wildman–Crippen MR) is 46.5 cm³/mol. The second-order valence-corrected chi connectivity index (χ2v) is 3.10. The van der Waals surface area contributed by atoms with Gasteiger partial charge in [-0.1, -0.05) is 6.07 Å². The predicted octanol–water partition coefficient (Wildman–Crippen LogP) is 0.993. The summed E-state index contributed by atoms with van der Waals surface area (Å²) in [6.07, 6.45) is 0.352. The van der Waals surface area contributed by atoms with Gasteiger partial charge in [-0.2, -0.15) is 5.26 Å². The number of nitriles is 1. The first-order chi connectivity index (χ1) is 6.70. The smallest absolute Gasteiger partial charge is 0.329 e. The van der Waals surface area contributed by atoms with Crippen LogP contribution in [0.2, 0.25) is 0 Å². The molecule has 0 saturated carbocycles. The monoisotopic (exact) mass is 189 g/mol. The number of phenols is 1. The Morgan fingerprint density at radius 3 is 3.07 bits per heavy atom. The van der Waals surface area contributed by atoms with Gasteiger partial charge < -0.3 is 9.84 Å². The minimum atomic E-state index is -0.730. The third-order valence-corrected chi connectivity index (χ3v) is 2.13. The highest BCUT2D eigenvalue weighted by Gasteiger charge is 2.28. The first kappa shape index (κ1) is 8.57. The highest BCUT2D eigenvalue weighted by atomic mass is 16.5. The van der Waals surface area contributed by atoms with Gasteiger partial charge in [0.05, 0.1) is 6.07 Å². The zero-order chi connectivity index (χ0) is 10.1. The van der Waals surface area contributed by atoms with Gasteiger partial charge in [0.25, 0.3) is 0 Å². The lowest BCUT2D eigenvalue weighted by atomic mass is 9.97. The molecule has 1 aromatic rings. The molecule has 4 heteroatoms. The molecule has 1 aliphatic heterocycles. The van der Waals surface area contributed by atoms with E-state index in [-0.39, 0.29) is 5.75 Å². The van der Waals surface area contributed by atoms with Gasteiger partial charge in [-0.3, -0.25) is 4.79 Å². The van der Waals surface area contributed by atoms with E-state index in [1.54, 1.807) is 6.07 Å². The summed E-state index contributed by atoms with van der Waals surface area (Å²) in [5.41, 5.74) is 0.772. The molecule has 0 bridgehead atoms. The molecule has 1 heterocycles. The molecule has 0 saturated heterocycles. The molecular weight excluding hydrogens is 182 g/mol. The van der Waals surface area contributed by atoms with Crippen molar-refractivity contribution in [3.05, 3.63) is 23.8 Å². The average molecular weight is 189 g/mol. The van der Waals surface area contributed by atoms with Crippen LogP contribution in [0.4, 0.5) is 0 Å². The number of carbonyl (C=O) groups excluding carboxylic acids is 1.